The molecule has 12 nitrogen and oxygen atoms in total. The first-order chi connectivity index (χ1) is 22.8. The van der Waals surface area contributed by atoms with Gasteiger partial charge in [-0.15, -0.1) is 0 Å². The summed E-state index contributed by atoms with van der Waals surface area (Å²) in [4.78, 5) is 52.7. The predicted octanol–water partition coefficient (Wildman–Crippen LogP) is 6.23. The molecule has 0 aliphatic carbocycles. The molecule has 3 aliphatic heterocycles. The van der Waals surface area contributed by atoms with E-state index in [1.54, 1.807) is 51.3 Å². The van der Waals surface area contributed by atoms with Crippen LogP contribution in [-0.4, -0.2) is 113 Å². The van der Waals surface area contributed by atoms with Gasteiger partial charge >= 0.3 is 12.2 Å². The van der Waals surface area contributed by atoms with Gasteiger partial charge in [-0.05, 0) is 74.1 Å². The molecule has 2 aromatic rings. The second kappa shape index (κ2) is 13.5. The van der Waals surface area contributed by atoms with Crippen LogP contribution in [0.15, 0.2) is 18.2 Å². The van der Waals surface area contributed by atoms with E-state index < -0.39 is 35.3 Å². The monoisotopic (exact) mass is 703 g/mol. The Morgan fingerprint density at radius 1 is 1.04 bits per heavy atom. The zero-order valence-electron chi connectivity index (χ0n) is 29.8. The second-order valence-electron chi connectivity index (χ2n) is 15.2. The van der Waals surface area contributed by atoms with Gasteiger partial charge in [0, 0.05) is 44.8 Å². The molecular formula is C35H47ClFN5O7. The Kier molecular flexibility index (Phi) is 10.0. The van der Waals surface area contributed by atoms with E-state index >= 15 is 4.39 Å². The maximum absolute atomic E-state index is 15.8. The van der Waals surface area contributed by atoms with Crippen molar-refractivity contribution in [2.45, 2.75) is 85.1 Å². The third-order valence-electron chi connectivity index (χ3n) is 8.65. The van der Waals surface area contributed by atoms with Crippen LogP contribution in [0.2, 0.25) is 5.02 Å². The molecule has 0 spiro atoms. The summed E-state index contributed by atoms with van der Waals surface area (Å²) >= 11 is 7.04. The van der Waals surface area contributed by atoms with Crippen molar-refractivity contribution >= 4 is 35.6 Å². The van der Waals surface area contributed by atoms with E-state index in [0.29, 0.717) is 19.6 Å². The van der Waals surface area contributed by atoms with Crippen molar-refractivity contribution in [2.75, 3.05) is 57.3 Å². The maximum Gasteiger partial charge on any atom is 0.514 e. The topological polar surface area (TPSA) is 114 Å². The molecule has 2 fully saturated rings. The van der Waals surface area contributed by atoms with Crippen molar-refractivity contribution in [3.05, 3.63) is 34.6 Å². The molecule has 4 heterocycles. The molecule has 1 aromatic heterocycles. The molecule has 5 rings (SSSR count). The number of hydrogen-bond donors (Lipinski definition) is 0. The number of aromatic nitrogens is 1. The first-order valence-corrected chi connectivity index (χ1v) is 17.0. The number of nitrogens with zero attached hydrogens (tertiary/aromatic N) is 5. The lowest BCUT2D eigenvalue weighted by Crippen LogP contribution is -2.60. The van der Waals surface area contributed by atoms with Gasteiger partial charge in [-0.25, -0.2) is 19.0 Å². The van der Waals surface area contributed by atoms with Crippen LogP contribution in [0.5, 0.6) is 11.5 Å². The van der Waals surface area contributed by atoms with Gasteiger partial charge in [-0.2, -0.15) is 0 Å². The molecular weight excluding hydrogens is 657 g/mol. The van der Waals surface area contributed by atoms with E-state index in [0.717, 1.165) is 6.54 Å². The van der Waals surface area contributed by atoms with Gasteiger partial charge in [0.2, 0.25) is 0 Å². The Bertz CT molecular complexity index is 1620. The van der Waals surface area contributed by atoms with Gasteiger partial charge in [0.15, 0.2) is 5.75 Å². The summed E-state index contributed by atoms with van der Waals surface area (Å²) in [6, 6.07) is 3.52. The Labute approximate surface area is 292 Å². The van der Waals surface area contributed by atoms with Crippen LogP contribution in [0.4, 0.5) is 19.8 Å². The Balaban J connectivity index is 1.62. The van der Waals surface area contributed by atoms with E-state index in [4.69, 9.17) is 35.5 Å². The minimum absolute atomic E-state index is 0.00823. The maximum atomic E-state index is 15.8. The van der Waals surface area contributed by atoms with Crippen LogP contribution >= 0.6 is 11.6 Å². The Morgan fingerprint density at radius 3 is 2.37 bits per heavy atom. The molecule has 2 amide bonds. The summed E-state index contributed by atoms with van der Waals surface area (Å²) in [6.07, 6.45) is -1.50. The number of hydrogen-bond acceptors (Lipinski definition) is 10. The van der Waals surface area contributed by atoms with Crippen molar-refractivity contribution in [3.63, 3.8) is 0 Å². The smallest absolute Gasteiger partial charge is 0.489 e. The third kappa shape index (κ3) is 7.82. The number of likely N-dealkylation sites (N-methyl/N-ethyl adjacent to an activating group) is 1. The molecule has 0 bridgehead atoms. The standard InChI is InChI=1S/C35H47ClFN5O7/c1-10-41-16-14-40(20-35(41,8)9)29-25-28(46-19-21-18-39(15-17-42(21)30(25)43)31(44)48-33(2,3)4)26(36)27(38-29)24-22(37)12-11-13-23(24)47-32(45)49-34(5,6)7/h11-13,21H,10,14-20H2,1-9H3/t21-/m1/s1. The van der Waals surface area contributed by atoms with Gasteiger partial charge in [0.1, 0.15) is 51.5 Å². The molecule has 1 atom stereocenters. The minimum atomic E-state index is -1.03. The second-order valence-corrected chi connectivity index (χ2v) is 15.6. The summed E-state index contributed by atoms with van der Waals surface area (Å²) in [5, 5.41) is -0.110. The van der Waals surface area contributed by atoms with E-state index in [9.17, 15) is 14.4 Å². The number of piperazine rings is 2. The molecule has 0 unspecified atom stereocenters. The summed E-state index contributed by atoms with van der Waals surface area (Å²) in [5.41, 5.74) is -1.90. The molecule has 14 heteroatoms. The fourth-order valence-electron chi connectivity index (χ4n) is 6.47. The normalized spacial score (nSPS) is 19.8. The summed E-state index contributed by atoms with van der Waals surface area (Å²) < 4.78 is 38.6. The number of pyridine rings is 1. The van der Waals surface area contributed by atoms with Gasteiger partial charge in [0.05, 0.1) is 11.6 Å². The zero-order chi connectivity index (χ0) is 36.1. The van der Waals surface area contributed by atoms with Crippen LogP contribution < -0.4 is 14.4 Å². The fraction of sp³-hybridized carbons (Fsp3) is 0.600. The highest BCUT2D eigenvalue weighted by Gasteiger charge is 2.43. The number of rotatable bonds is 4. The number of carbonyl (C=O) groups is 3. The van der Waals surface area contributed by atoms with Crippen LogP contribution in [0.25, 0.3) is 11.3 Å². The van der Waals surface area contributed by atoms with E-state index in [1.165, 1.54) is 18.2 Å². The molecule has 49 heavy (non-hydrogen) atoms. The average molecular weight is 704 g/mol. The average Bonchev–Trinajstić information content (AvgIpc) is 3.12. The Morgan fingerprint density at radius 2 is 1.73 bits per heavy atom. The predicted molar refractivity (Wildman–Crippen MR) is 183 cm³/mol. The summed E-state index contributed by atoms with van der Waals surface area (Å²) in [7, 11) is 0. The van der Waals surface area contributed by atoms with Crippen molar-refractivity contribution in [3.8, 4) is 22.8 Å². The number of fused-ring (bicyclic) bond motifs is 2. The lowest BCUT2D eigenvalue weighted by molar-refractivity contribution is 0.000934. The molecule has 268 valence electrons. The number of anilines is 1. The number of halogens is 2. The van der Waals surface area contributed by atoms with Crippen LogP contribution in [0.3, 0.4) is 0 Å². The van der Waals surface area contributed by atoms with Gasteiger partial charge in [-0.3, -0.25) is 9.69 Å². The largest absolute Gasteiger partial charge is 0.514 e. The molecule has 3 aliphatic rings. The lowest BCUT2D eigenvalue weighted by atomic mass is 9.98. The van der Waals surface area contributed by atoms with E-state index in [-0.39, 0.29) is 76.8 Å². The molecule has 0 saturated carbocycles. The molecule has 1 aromatic carbocycles. The van der Waals surface area contributed by atoms with Crippen molar-refractivity contribution in [1.82, 2.24) is 19.7 Å². The lowest BCUT2D eigenvalue weighted by Gasteiger charge is -2.47. The van der Waals surface area contributed by atoms with Crippen molar-refractivity contribution < 1.29 is 37.7 Å². The highest BCUT2D eigenvalue weighted by Crippen LogP contribution is 2.47. The quantitative estimate of drug-likeness (QED) is 0.268. The number of carbonyl (C=O) groups excluding carboxylic acids is 3. The summed E-state index contributed by atoms with van der Waals surface area (Å²) in [5.74, 6) is -0.928. The van der Waals surface area contributed by atoms with Crippen LogP contribution in [0.1, 0.15) is 72.7 Å². The zero-order valence-corrected chi connectivity index (χ0v) is 30.6. The molecule has 2 saturated heterocycles. The number of amides is 2. The molecule has 0 radical (unpaired) electrons. The van der Waals surface area contributed by atoms with Crippen molar-refractivity contribution in [1.29, 1.82) is 0 Å². The first kappa shape index (κ1) is 36.4. The van der Waals surface area contributed by atoms with Gasteiger partial charge < -0.3 is 33.6 Å². The minimum Gasteiger partial charge on any atom is -0.489 e. The highest BCUT2D eigenvalue weighted by molar-refractivity contribution is 6.35. The highest BCUT2D eigenvalue weighted by atomic mass is 35.5. The third-order valence-corrected chi connectivity index (χ3v) is 9.01. The molecule has 0 N–H and O–H groups in total. The van der Waals surface area contributed by atoms with Crippen molar-refractivity contribution in [2.24, 2.45) is 0 Å². The van der Waals surface area contributed by atoms with E-state index in [2.05, 4.69) is 25.7 Å². The fourth-order valence-corrected chi connectivity index (χ4v) is 6.76. The van der Waals surface area contributed by atoms with Crippen LogP contribution in [0, 0.1) is 5.82 Å². The SMILES string of the molecule is CCN1CCN(c2nc(-c3c(F)cccc3OC(=O)OC(C)(C)C)c(Cl)c3c2C(=O)N2CCN(C(=O)OC(C)(C)C)C[C@@H]2CO3)CC1(C)C. The first-order valence-electron chi connectivity index (χ1n) is 16.6. The Hall–Kier alpha value is -3.84. The summed E-state index contributed by atoms with van der Waals surface area (Å²) in [6.45, 7) is 20.0. The van der Waals surface area contributed by atoms with Gasteiger partial charge in [-0.1, -0.05) is 24.6 Å². The number of benzene rings is 1. The van der Waals surface area contributed by atoms with Crippen LogP contribution in [-0.2, 0) is 9.47 Å². The number of ether oxygens (including phenoxy) is 4. The van der Waals surface area contributed by atoms with Gasteiger partial charge in [0.25, 0.3) is 5.91 Å². The van der Waals surface area contributed by atoms with E-state index in [1.807, 2.05) is 4.90 Å².